The summed E-state index contributed by atoms with van der Waals surface area (Å²) in [5.74, 6) is 3.24. The molecule has 0 radical (unpaired) electrons. The molecule has 70 valence electrons. The molecule has 0 aromatic heterocycles. The van der Waals surface area contributed by atoms with E-state index in [1.54, 1.807) is 0 Å². The number of hydrazine groups is 1. The van der Waals surface area contributed by atoms with Crippen molar-refractivity contribution in [2.45, 2.75) is 6.04 Å². The molecule has 1 aromatic rings. The summed E-state index contributed by atoms with van der Waals surface area (Å²) in [6, 6.07) is 2.91. The van der Waals surface area contributed by atoms with Gasteiger partial charge in [0.1, 0.15) is 0 Å². The van der Waals surface area contributed by atoms with E-state index in [1.807, 2.05) is 0 Å². The summed E-state index contributed by atoms with van der Waals surface area (Å²) in [5, 5.41) is 2.90. The Kier molecular flexibility index (Phi) is 1.90. The Morgan fingerprint density at radius 2 is 2.08 bits per heavy atom. The molecular formula is C8H9F2N3. The summed E-state index contributed by atoms with van der Waals surface area (Å²) < 4.78 is 26.3. The van der Waals surface area contributed by atoms with Crippen LogP contribution in [0.15, 0.2) is 12.1 Å². The van der Waals surface area contributed by atoms with Crippen molar-refractivity contribution in [3.05, 3.63) is 29.3 Å². The first-order chi connectivity index (χ1) is 6.24. The lowest BCUT2D eigenvalue weighted by Gasteiger charge is -2.05. The molecule has 1 aliphatic heterocycles. The molecule has 1 unspecified atom stereocenters. The fourth-order valence-electron chi connectivity index (χ4n) is 1.22. The summed E-state index contributed by atoms with van der Waals surface area (Å²) in [6.45, 7) is 0.700. The Morgan fingerprint density at radius 3 is 2.62 bits per heavy atom. The first-order valence-electron chi connectivity index (χ1n) is 3.92. The monoisotopic (exact) mass is 185 g/mol. The Hall–Kier alpha value is -1.20. The Labute approximate surface area is 73.9 Å². The Bertz CT molecular complexity index is 336. The minimum atomic E-state index is -0.922. The average molecular weight is 185 g/mol. The molecule has 1 fully saturated rings. The molecule has 4 N–H and O–H groups in total. The highest BCUT2D eigenvalue weighted by molar-refractivity contribution is 5.47. The summed E-state index contributed by atoms with van der Waals surface area (Å²) in [4.78, 5) is 0. The molecule has 0 aliphatic carbocycles. The molecule has 1 heterocycles. The van der Waals surface area contributed by atoms with E-state index in [0.717, 1.165) is 0 Å². The lowest BCUT2D eigenvalue weighted by Crippen LogP contribution is -2.10. The van der Waals surface area contributed by atoms with E-state index in [9.17, 15) is 8.78 Å². The van der Waals surface area contributed by atoms with E-state index < -0.39 is 11.6 Å². The van der Waals surface area contributed by atoms with Crippen molar-refractivity contribution in [3.8, 4) is 0 Å². The van der Waals surface area contributed by atoms with Gasteiger partial charge in [0.15, 0.2) is 11.6 Å². The zero-order valence-electron chi connectivity index (χ0n) is 6.77. The van der Waals surface area contributed by atoms with Crippen molar-refractivity contribution in [1.29, 1.82) is 0 Å². The standard InChI is InChI=1S/C8H9F2N3/c9-7-4(6-3-12-6)1-2-5(13-11)8(7)10/h1-2,6,12-13H,3,11H2. The van der Waals surface area contributed by atoms with Crippen LogP contribution in [0.5, 0.6) is 0 Å². The highest BCUT2D eigenvalue weighted by atomic mass is 19.2. The third-order valence-electron chi connectivity index (χ3n) is 2.05. The van der Waals surface area contributed by atoms with Gasteiger partial charge in [-0.3, -0.25) is 5.84 Å². The van der Waals surface area contributed by atoms with Gasteiger partial charge < -0.3 is 10.7 Å². The molecule has 2 rings (SSSR count). The normalized spacial score (nSPS) is 20.1. The lowest BCUT2D eigenvalue weighted by atomic mass is 10.1. The number of benzene rings is 1. The summed E-state index contributed by atoms with van der Waals surface area (Å²) in [6.07, 6.45) is 0. The third-order valence-corrected chi connectivity index (χ3v) is 2.05. The highest BCUT2D eigenvalue weighted by Gasteiger charge is 2.27. The Balaban J connectivity index is 2.44. The van der Waals surface area contributed by atoms with Crippen molar-refractivity contribution in [1.82, 2.24) is 5.32 Å². The van der Waals surface area contributed by atoms with Gasteiger partial charge in [-0.1, -0.05) is 6.07 Å². The second-order valence-electron chi connectivity index (χ2n) is 2.94. The van der Waals surface area contributed by atoms with Crippen LogP contribution in [0, 0.1) is 11.6 Å². The van der Waals surface area contributed by atoms with Crippen LogP contribution in [0.2, 0.25) is 0 Å². The van der Waals surface area contributed by atoms with Gasteiger partial charge in [-0.25, -0.2) is 8.78 Å². The number of nitrogens with two attached hydrogens (primary N) is 1. The lowest BCUT2D eigenvalue weighted by molar-refractivity contribution is 0.501. The summed E-state index contributed by atoms with van der Waals surface area (Å²) in [7, 11) is 0. The predicted octanol–water partition coefficient (Wildman–Crippen LogP) is 0.895. The van der Waals surface area contributed by atoms with Crippen molar-refractivity contribution in [3.63, 3.8) is 0 Å². The molecule has 5 heteroatoms. The number of anilines is 1. The van der Waals surface area contributed by atoms with Crippen molar-refractivity contribution < 1.29 is 8.78 Å². The third kappa shape index (κ3) is 1.36. The fraction of sp³-hybridized carbons (Fsp3) is 0.250. The number of nitrogens with one attached hydrogen (secondary N) is 2. The number of halogens is 2. The number of rotatable bonds is 2. The molecule has 0 amide bonds. The molecule has 0 spiro atoms. The zero-order chi connectivity index (χ0) is 9.42. The molecule has 3 nitrogen and oxygen atoms in total. The van der Waals surface area contributed by atoms with Gasteiger partial charge in [0.25, 0.3) is 0 Å². The molecular weight excluding hydrogens is 176 g/mol. The van der Waals surface area contributed by atoms with Crippen molar-refractivity contribution in [2.75, 3.05) is 12.0 Å². The average Bonchev–Trinajstić information content (AvgIpc) is 2.93. The van der Waals surface area contributed by atoms with Crippen molar-refractivity contribution in [2.24, 2.45) is 5.84 Å². The van der Waals surface area contributed by atoms with E-state index >= 15 is 0 Å². The van der Waals surface area contributed by atoms with Gasteiger partial charge in [-0.15, -0.1) is 0 Å². The predicted molar refractivity (Wildman–Crippen MR) is 44.9 cm³/mol. The molecule has 1 saturated heterocycles. The molecule has 1 aliphatic rings. The van der Waals surface area contributed by atoms with Gasteiger partial charge in [-0.2, -0.15) is 0 Å². The first kappa shape index (κ1) is 8.40. The van der Waals surface area contributed by atoms with Gasteiger partial charge in [0.05, 0.1) is 5.69 Å². The second kappa shape index (κ2) is 2.93. The van der Waals surface area contributed by atoms with Crippen LogP contribution < -0.4 is 16.6 Å². The van der Waals surface area contributed by atoms with Crippen molar-refractivity contribution >= 4 is 5.69 Å². The van der Waals surface area contributed by atoms with Crippen LogP contribution >= 0.6 is 0 Å². The summed E-state index contributed by atoms with van der Waals surface area (Å²) in [5.41, 5.74) is 2.42. The van der Waals surface area contributed by atoms with Gasteiger partial charge >= 0.3 is 0 Å². The van der Waals surface area contributed by atoms with Gasteiger partial charge in [-0.05, 0) is 6.07 Å². The maximum atomic E-state index is 13.2. The van der Waals surface area contributed by atoms with Crippen LogP contribution in [-0.2, 0) is 0 Å². The SMILES string of the molecule is NNc1ccc(C2CN2)c(F)c1F. The second-order valence-corrected chi connectivity index (χ2v) is 2.94. The largest absolute Gasteiger partial charge is 0.321 e. The highest BCUT2D eigenvalue weighted by Crippen LogP contribution is 2.28. The smallest absolute Gasteiger partial charge is 0.183 e. The zero-order valence-corrected chi connectivity index (χ0v) is 6.77. The number of hydrogen-bond acceptors (Lipinski definition) is 3. The number of hydrogen-bond donors (Lipinski definition) is 3. The minimum Gasteiger partial charge on any atom is -0.321 e. The molecule has 0 saturated carbocycles. The first-order valence-corrected chi connectivity index (χ1v) is 3.92. The topological polar surface area (TPSA) is 60.0 Å². The van der Waals surface area contributed by atoms with Crippen LogP contribution in [0.4, 0.5) is 14.5 Å². The molecule has 0 bridgehead atoms. The fourth-order valence-corrected chi connectivity index (χ4v) is 1.22. The number of nitrogen functional groups attached to an aromatic ring is 1. The van der Waals surface area contributed by atoms with E-state index in [-0.39, 0.29) is 11.7 Å². The van der Waals surface area contributed by atoms with Crippen LogP contribution in [-0.4, -0.2) is 6.54 Å². The van der Waals surface area contributed by atoms with E-state index in [4.69, 9.17) is 5.84 Å². The molecule has 1 atom stereocenters. The Morgan fingerprint density at radius 1 is 1.38 bits per heavy atom. The molecule has 1 aromatic carbocycles. The van der Waals surface area contributed by atoms with Crippen LogP contribution in [0.1, 0.15) is 11.6 Å². The van der Waals surface area contributed by atoms with Gasteiger partial charge in [0, 0.05) is 18.2 Å². The molecule has 13 heavy (non-hydrogen) atoms. The maximum absolute atomic E-state index is 13.2. The van der Waals surface area contributed by atoms with Crippen LogP contribution in [0.3, 0.4) is 0 Å². The summed E-state index contributed by atoms with van der Waals surface area (Å²) >= 11 is 0. The van der Waals surface area contributed by atoms with Gasteiger partial charge in [0.2, 0.25) is 0 Å². The van der Waals surface area contributed by atoms with E-state index in [2.05, 4.69) is 10.7 Å². The quantitative estimate of drug-likeness (QED) is 0.364. The minimum absolute atomic E-state index is 0.0260. The maximum Gasteiger partial charge on any atom is 0.183 e. The van der Waals surface area contributed by atoms with E-state index in [1.165, 1.54) is 12.1 Å². The van der Waals surface area contributed by atoms with Crippen LogP contribution in [0.25, 0.3) is 0 Å². The van der Waals surface area contributed by atoms with E-state index in [0.29, 0.717) is 12.1 Å².